The van der Waals surface area contributed by atoms with E-state index in [1.54, 1.807) is 6.07 Å². The topological polar surface area (TPSA) is 46.2 Å². The molecular formula is C14H16BrNO2S2. The minimum absolute atomic E-state index is 0.345. The second-order valence-electron chi connectivity index (χ2n) is 4.80. The molecule has 1 N–H and O–H groups in total. The number of alkyl halides is 1. The molecule has 3 nitrogen and oxygen atoms in total. The number of halogens is 1. The Morgan fingerprint density at radius 3 is 2.35 bits per heavy atom. The van der Waals surface area contributed by atoms with Gasteiger partial charge in [-0.3, -0.25) is 0 Å². The largest absolute Gasteiger partial charge is 0.250 e. The third-order valence-electron chi connectivity index (χ3n) is 3.02. The third-order valence-corrected chi connectivity index (χ3v) is 7.23. The number of rotatable bonds is 5. The number of thiophene rings is 1. The van der Waals surface area contributed by atoms with Crippen molar-refractivity contribution < 1.29 is 8.42 Å². The van der Waals surface area contributed by atoms with Crippen LogP contribution in [0.3, 0.4) is 0 Å². The number of benzene rings is 1. The zero-order valence-electron chi connectivity index (χ0n) is 11.3. The van der Waals surface area contributed by atoms with Crippen LogP contribution in [-0.4, -0.2) is 13.7 Å². The van der Waals surface area contributed by atoms with Crippen LogP contribution < -0.4 is 4.72 Å². The van der Waals surface area contributed by atoms with Crippen molar-refractivity contribution in [3.63, 3.8) is 0 Å². The van der Waals surface area contributed by atoms with Gasteiger partial charge in [0.15, 0.2) is 0 Å². The van der Waals surface area contributed by atoms with Crippen LogP contribution in [0.5, 0.6) is 0 Å². The first-order chi connectivity index (χ1) is 9.37. The Labute approximate surface area is 132 Å². The molecule has 0 aliphatic heterocycles. The predicted octanol–water partition coefficient (Wildman–Crippen LogP) is 3.65. The Morgan fingerprint density at radius 1 is 1.20 bits per heavy atom. The summed E-state index contributed by atoms with van der Waals surface area (Å²) in [4.78, 5) is 0.977. The molecule has 0 saturated heterocycles. The van der Waals surface area contributed by atoms with Crippen molar-refractivity contribution in [2.75, 3.05) is 5.33 Å². The molecule has 2 rings (SSSR count). The van der Waals surface area contributed by atoms with Crippen LogP contribution >= 0.6 is 27.3 Å². The van der Waals surface area contributed by atoms with Crippen LogP contribution in [0.1, 0.15) is 17.4 Å². The van der Waals surface area contributed by atoms with Gasteiger partial charge in [0, 0.05) is 10.2 Å². The molecule has 1 aromatic carbocycles. The molecule has 0 bridgehead atoms. The van der Waals surface area contributed by atoms with Gasteiger partial charge in [-0.25, -0.2) is 8.42 Å². The van der Waals surface area contributed by atoms with Crippen molar-refractivity contribution in [3.05, 3.63) is 52.9 Å². The summed E-state index contributed by atoms with van der Waals surface area (Å²) in [7, 11) is -3.52. The highest BCUT2D eigenvalue weighted by atomic mass is 79.9. The molecule has 2 aromatic rings. The molecule has 0 spiro atoms. The van der Waals surface area contributed by atoms with Gasteiger partial charge in [0.05, 0.1) is 5.54 Å². The van der Waals surface area contributed by atoms with E-state index in [0.717, 1.165) is 10.4 Å². The second-order valence-corrected chi connectivity index (χ2v) is 8.56. The molecule has 6 heteroatoms. The third kappa shape index (κ3) is 3.31. The Bertz CT molecular complexity index is 682. The maximum absolute atomic E-state index is 12.5. The standard InChI is InChI=1S/C14H16BrNO2S2/c1-11-8-9-13(19-11)20(17,18)16-14(2,10-15)12-6-4-3-5-7-12/h3-9,16H,10H2,1-2H3. The number of hydrogen-bond acceptors (Lipinski definition) is 3. The molecular weight excluding hydrogens is 358 g/mol. The van der Waals surface area contributed by atoms with Gasteiger partial charge in [-0.2, -0.15) is 4.72 Å². The highest BCUT2D eigenvalue weighted by Gasteiger charge is 2.32. The monoisotopic (exact) mass is 373 g/mol. The van der Waals surface area contributed by atoms with E-state index in [1.807, 2.05) is 50.2 Å². The van der Waals surface area contributed by atoms with Crippen molar-refractivity contribution >= 4 is 37.3 Å². The molecule has 0 fully saturated rings. The normalized spacial score (nSPS) is 14.9. The van der Waals surface area contributed by atoms with Gasteiger partial charge < -0.3 is 0 Å². The van der Waals surface area contributed by atoms with Crippen molar-refractivity contribution in [1.29, 1.82) is 0 Å². The van der Waals surface area contributed by atoms with Crippen LogP contribution in [0.15, 0.2) is 46.7 Å². The van der Waals surface area contributed by atoms with Crippen LogP contribution in [0, 0.1) is 6.92 Å². The predicted molar refractivity (Wildman–Crippen MR) is 87.0 cm³/mol. The highest BCUT2D eigenvalue weighted by molar-refractivity contribution is 9.09. The fraction of sp³-hybridized carbons (Fsp3) is 0.286. The molecule has 0 radical (unpaired) electrons. The van der Waals surface area contributed by atoms with E-state index in [1.165, 1.54) is 11.3 Å². The first-order valence-corrected chi connectivity index (χ1v) is 9.51. The summed E-state index contributed by atoms with van der Waals surface area (Å²) in [5.41, 5.74) is 0.242. The lowest BCUT2D eigenvalue weighted by molar-refractivity contribution is 0.483. The quantitative estimate of drug-likeness (QED) is 0.813. The van der Waals surface area contributed by atoms with Gasteiger partial charge in [-0.15, -0.1) is 11.3 Å². The lowest BCUT2D eigenvalue weighted by Crippen LogP contribution is -2.44. The Hall–Kier alpha value is -0.690. The number of nitrogens with one attached hydrogen (secondary N) is 1. The lowest BCUT2D eigenvalue weighted by atomic mass is 9.96. The summed E-state index contributed by atoms with van der Waals surface area (Å²) in [5.74, 6) is 0. The van der Waals surface area contributed by atoms with Gasteiger partial charge in [0.25, 0.3) is 10.0 Å². The van der Waals surface area contributed by atoms with Crippen molar-refractivity contribution in [1.82, 2.24) is 4.72 Å². The summed E-state index contributed by atoms with van der Waals surface area (Å²) in [6.07, 6.45) is 0. The van der Waals surface area contributed by atoms with Crippen molar-refractivity contribution in [3.8, 4) is 0 Å². The van der Waals surface area contributed by atoms with Crippen LogP contribution in [-0.2, 0) is 15.6 Å². The summed E-state index contributed by atoms with van der Waals surface area (Å²) >= 11 is 4.69. The van der Waals surface area contributed by atoms with E-state index in [-0.39, 0.29) is 0 Å². The summed E-state index contributed by atoms with van der Waals surface area (Å²) in [6, 6.07) is 13.0. The SMILES string of the molecule is Cc1ccc(S(=O)(=O)NC(C)(CBr)c2ccccc2)s1. The summed E-state index contributed by atoms with van der Waals surface area (Å²) < 4.78 is 28.1. The highest BCUT2D eigenvalue weighted by Crippen LogP contribution is 2.28. The van der Waals surface area contributed by atoms with Gasteiger partial charge in [0.2, 0.25) is 0 Å². The summed E-state index contributed by atoms with van der Waals surface area (Å²) in [5, 5.41) is 0.494. The first kappa shape index (κ1) is 15.7. The molecule has 108 valence electrons. The summed E-state index contributed by atoms with van der Waals surface area (Å²) in [6.45, 7) is 3.76. The molecule has 0 aliphatic rings. The molecule has 0 amide bonds. The zero-order chi connectivity index (χ0) is 14.8. The first-order valence-electron chi connectivity index (χ1n) is 6.09. The molecule has 1 unspecified atom stereocenters. The van der Waals surface area contributed by atoms with E-state index >= 15 is 0 Å². The van der Waals surface area contributed by atoms with E-state index in [2.05, 4.69) is 20.7 Å². The minimum Gasteiger partial charge on any atom is -0.206 e. The van der Waals surface area contributed by atoms with E-state index in [9.17, 15) is 8.42 Å². The molecule has 1 aromatic heterocycles. The van der Waals surface area contributed by atoms with Crippen LogP contribution in [0.2, 0.25) is 0 Å². The van der Waals surface area contributed by atoms with Gasteiger partial charge in [-0.05, 0) is 31.5 Å². The maximum atomic E-state index is 12.5. The van der Waals surface area contributed by atoms with E-state index in [0.29, 0.717) is 9.54 Å². The zero-order valence-corrected chi connectivity index (χ0v) is 14.5. The number of hydrogen-bond donors (Lipinski definition) is 1. The second kappa shape index (κ2) is 5.97. The smallest absolute Gasteiger partial charge is 0.206 e. The Morgan fingerprint density at radius 2 is 1.85 bits per heavy atom. The van der Waals surface area contributed by atoms with Gasteiger partial charge in [-0.1, -0.05) is 46.3 Å². The average molecular weight is 374 g/mol. The maximum Gasteiger partial charge on any atom is 0.250 e. The minimum atomic E-state index is -3.52. The Kier molecular flexibility index (Phi) is 4.69. The number of sulfonamides is 1. The lowest BCUT2D eigenvalue weighted by Gasteiger charge is -2.28. The van der Waals surface area contributed by atoms with Crippen molar-refractivity contribution in [2.24, 2.45) is 0 Å². The van der Waals surface area contributed by atoms with Crippen LogP contribution in [0.4, 0.5) is 0 Å². The van der Waals surface area contributed by atoms with Gasteiger partial charge >= 0.3 is 0 Å². The average Bonchev–Trinajstić information content (AvgIpc) is 2.87. The van der Waals surface area contributed by atoms with E-state index < -0.39 is 15.6 Å². The molecule has 1 atom stereocenters. The fourth-order valence-corrected chi connectivity index (χ4v) is 5.20. The molecule has 20 heavy (non-hydrogen) atoms. The Balaban J connectivity index is 2.35. The van der Waals surface area contributed by atoms with Crippen LogP contribution in [0.25, 0.3) is 0 Å². The molecule has 0 aliphatic carbocycles. The van der Waals surface area contributed by atoms with E-state index in [4.69, 9.17) is 0 Å². The van der Waals surface area contributed by atoms with Crippen molar-refractivity contribution in [2.45, 2.75) is 23.6 Å². The fourth-order valence-electron chi connectivity index (χ4n) is 1.87. The molecule has 1 heterocycles. The molecule has 0 saturated carbocycles. The number of aryl methyl sites for hydroxylation is 1. The van der Waals surface area contributed by atoms with Gasteiger partial charge in [0.1, 0.15) is 4.21 Å².